The van der Waals surface area contributed by atoms with Gasteiger partial charge in [-0.05, 0) is 63.9 Å². The summed E-state index contributed by atoms with van der Waals surface area (Å²) < 4.78 is 1.06. The maximum Gasteiger partial charge on any atom is 0.115 e. The average molecular weight is 315 g/mol. The van der Waals surface area contributed by atoms with Crippen molar-refractivity contribution in [1.82, 2.24) is 9.80 Å². The van der Waals surface area contributed by atoms with Gasteiger partial charge in [0.05, 0.1) is 0 Å². The van der Waals surface area contributed by atoms with Crippen LogP contribution in [-0.4, -0.2) is 48.6 Å². The molecule has 1 rings (SSSR count). The Hall–Kier alpha value is -0.580. The summed E-state index contributed by atoms with van der Waals surface area (Å²) in [5, 5.41) is 9.53. The van der Waals surface area contributed by atoms with Crippen molar-refractivity contribution in [3.8, 4) is 5.75 Å². The molecule has 4 heteroatoms. The standard InChI is InChI=1S/C14H23BrN2O/c1-4-17(9-5-8-16(2)3)11-12-10-13(18)6-7-14(12)15/h6-7,10,18H,4-5,8-9,11H2,1-3H3. The molecule has 1 N–H and O–H groups in total. The minimum Gasteiger partial charge on any atom is -0.508 e. The summed E-state index contributed by atoms with van der Waals surface area (Å²) in [5.41, 5.74) is 1.14. The van der Waals surface area contributed by atoms with Crippen LogP contribution in [0.3, 0.4) is 0 Å². The molecule has 0 atom stereocenters. The van der Waals surface area contributed by atoms with Crippen LogP contribution < -0.4 is 0 Å². The molecule has 0 fully saturated rings. The molecule has 1 aromatic rings. The van der Waals surface area contributed by atoms with Crippen molar-refractivity contribution in [3.63, 3.8) is 0 Å². The molecule has 0 radical (unpaired) electrons. The Kier molecular flexibility index (Phi) is 6.68. The van der Waals surface area contributed by atoms with Gasteiger partial charge in [0.15, 0.2) is 0 Å². The number of aromatic hydroxyl groups is 1. The van der Waals surface area contributed by atoms with E-state index in [0.717, 1.165) is 42.6 Å². The van der Waals surface area contributed by atoms with Crippen molar-refractivity contribution in [2.24, 2.45) is 0 Å². The topological polar surface area (TPSA) is 26.7 Å². The zero-order valence-corrected chi connectivity index (χ0v) is 13.1. The predicted molar refractivity (Wildman–Crippen MR) is 79.9 cm³/mol. The molecule has 0 aliphatic rings. The number of phenolic OH excluding ortho intramolecular Hbond substituents is 1. The minimum atomic E-state index is 0.331. The highest BCUT2D eigenvalue weighted by atomic mass is 79.9. The Morgan fingerprint density at radius 1 is 1.22 bits per heavy atom. The van der Waals surface area contributed by atoms with Gasteiger partial charge in [-0.25, -0.2) is 0 Å². The van der Waals surface area contributed by atoms with E-state index >= 15 is 0 Å². The lowest BCUT2D eigenvalue weighted by Crippen LogP contribution is -2.27. The second-order valence-electron chi connectivity index (χ2n) is 4.80. The molecule has 0 aliphatic heterocycles. The molecule has 0 amide bonds. The van der Waals surface area contributed by atoms with Crippen LogP contribution in [-0.2, 0) is 6.54 Å². The third kappa shape index (κ3) is 5.38. The molecule has 0 saturated carbocycles. The molecule has 3 nitrogen and oxygen atoms in total. The molecule has 0 aliphatic carbocycles. The SMILES string of the molecule is CCN(CCCN(C)C)Cc1cc(O)ccc1Br. The van der Waals surface area contributed by atoms with E-state index in [2.05, 4.69) is 46.7 Å². The highest BCUT2D eigenvalue weighted by Crippen LogP contribution is 2.23. The lowest BCUT2D eigenvalue weighted by Gasteiger charge is -2.22. The van der Waals surface area contributed by atoms with Gasteiger partial charge in [0, 0.05) is 11.0 Å². The third-order valence-electron chi connectivity index (χ3n) is 2.95. The normalized spacial score (nSPS) is 11.4. The molecule has 0 unspecified atom stereocenters. The zero-order chi connectivity index (χ0) is 13.5. The van der Waals surface area contributed by atoms with E-state index in [0.29, 0.717) is 5.75 Å². The summed E-state index contributed by atoms with van der Waals surface area (Å²) in [5.74, 6) is 0.331. The smallest absolute Gasteiger partial charge is 0.115 e. The first-order valence-electron chi connectivity index (χ1n) is 6.37. The second-order valence-corrected chi connectivity index (χ2v) is 5.66. The van der Waals surface area contributed by atoms with E-state index in [1.54, 1.807) is 6.07 Å². The Morgan fingerprint density at radius 2 is 1.94 bits per heavy atom. The monoisotopic (exact) mass is 314 g/mol. The van der Waals surface area contributed by atoms with Crippen LogP contribution >= 0.6 is 15.9 Å². The summed E-state index contributed by atoms with van der Waals surface area (Å²) in [6, 6.07) is 5.44. The first kappa shape index (κ1) is 15.5. The number of rotatable bonds is 7. The quantitative estimate of drug-likeness (QED) is 0.838. The van der Waals surface area contributed by atoms with Crippen LogP contribution in [0.25, 0.3) is 0 Å². The largest absolute Gasteiger partial charge is 0.508 e. The fourth-order valence-corrected chi connectivity index (χ4v) is 2.25. The van der Waals surface area contributed by atoms with Crippen molar-refractivity contribution in [2.45, 2.75) is 19.9 Å². The first-order chi connectivity index (χ1) is 8.52. The summed E-state index contributed by atoms with van der Waals surface area (Å²) in [4.78, 5) is 4.60. The number of nitrogens with zero attached hydrogens (tertiary/aromatic N) is 2. The van der Waals surface area contributed by atoms with Gasteiger partial charge in [-0.15, -0.1) is 0 Å². The number of benzene rings is 1. The lowest BCUT2D eigenvalue weighted by molar-refractivity contribution is 0.258. The van der Waals surface area contributed by atoms with Crippen LogP contribution in [0, 0.1) is 0 Å². The van der Waals surface area contributed by atoms with E-state index < -0.39 is 0 Å². The van der Waals surface area contributed by atoms with Gasteiger partial charge in [0.1, 0.15) is 5.75 Å². The van der Waals surface area contributed by atoms with Crippen LogP contribution in [0.15, 0.2) is 22.7 Å². The molecular weight excluding hydrogens is 292 g/mol. The van der Waals surface area contributed by atoms with E-state index in [9.17, 15) is 5.11 Å². The number of hydrogen-bond acceptors (Lipinski definition) is 3. The summed E-state index contributed by atoms with van der Waals surface area (Å²) >= 11 is 3.53. The first-order valence-corrected chi connectivity index (χ1v) is 7.16. The Labute approximate surface area is 119 Å². The van der Waals surface area contributed by atoms with Gasteiger partial charge in [-0.1, -0.05) is 22.9 Å². The van der Waals surface area contributed by atoms with Gasteiger partial charge in [-0.3, -0.25) is 4.90 Å². The Balaban J connectivity index is 2.54. The van der Waals surface area contributed by atoms with Gasteiger partial charge in [0.2, 0.25) is 0 Å². The van der Waals surface area contributed by atoms with E-state index in [4.69, 9.17) is 0 Å². The van der Waals surface area contributed by atoms with Crippen LogP contribution in [0.5, 0.6) is 5.75 Å². The molecule has 0 spiro atoms. The van der Waals surface area contributed by atoms with Crippen molar-refractivity contribution < 1.29 is 5.11 Å². The maximum absolute atomic E-state index is 9.53. The molecule has 18 heavy (non-hydrogen) atoms. The molecule has 0 aromatic heterocycles. The summed E-state index contributed by atoms with van der Waals surface area (Å²) in [7, 11) is 4.20. The molecule has 0 bridgehead atoms. The van der Waals surface area contributed by atoms with Gasteiger partial charge < -0.3 is 10.0 Å². The number of phenols is 1. The third-order valence-corrected chi connectivity index (χ3v) is 3.72. The zero-order valence-electron chi connectivity index (χ0n) is 11.5. The van der Waals surface area contributed by atoms with Crippen molar-refractivity contribution >= 4 is 15.9 Å². The van der Waals surface area contributed by atoms with E-state index in [1.165, 1.54) is 0 Å². The van der Waals surface area contributed by atoms with Gasteiger partial charge >= 0.3 is 0 Å². The average Bonchev–Trinajstić information content (AvgIpc) is 2.32. The number of halogens is 1. The second kappa shape index (κ2) is 7.77. The van der Waals surface area contributed by atoms with Crippen molar-refractivity contribution in [3.05, 3.63) is 28.2 Å². The number of hydrogen-bond donors (Lipinski definition) is 1. The molecule has 0 saturated heterocycles. The molecule has 102 valence electrons. The molecular formula is C14H23BrN2O. The minimum absolute atomic E-state index is 0.331. The van der Waals surface area contributed by atoms with Crippen molar-refractivity contribution in [1.29, 1.82) is 0 Å². The van der Waals surface area contributed by atoms with Gasteiger partial charge in [0.25, 0.3) is 0 Å². The van der Waals surface area contributed by atoms with Crippen molar-refractivity contribution in [2.75, 3.05) is 33.7 Å². The molecule has 0 heterocycles. The Bertz CT molecular complexity index is 369. The van der Waals surface area contributed by atoms with Gasteiger partial charge in [-0.2, -0.15) is 0 Å². The molecule has 1 aromatic carbocycles. The summed E-state index contributed by atoms with van der Waals surface area (Å²) in [6.07, 6.45) is 1.16. The van der Waals surface area contributed by atoms with E-state index in [-0.39, 0.29) is 0 Å². The van der Waals surface area contributed by atoms with Crippen LogP contribution in [0.4, 0.5) is 0 Å². The highest BCUT2D eigenvalue weighted by Gasteiger charge is 2.07. The Morgan fingerprint density at radius 3 is 2.56 bits per heavy atom. The predicted octanol–water partition coefficient (Wildman–Crippen LogP) is 2.93. The fourth-order valence-electron chi connectivity index (χ4n) is 1.88. The highest BCUT2D eigenvalue weighted by molar-refractivity contribution is 9.10. The van der Waals surface area contributed by atoms with Crippen LogP contribution in [0.2, 0.25) is 0 Å². The van der Waals surface area contributed by atoms with E-state index in [1.807, 2.05) is 12.1 Å². The lowest BCUT2D eigenvalue weighted by atomic mass is 10.2. The summed E-state index contributed by atoms with van der Waals surface area (Å²) in [6.45, 7) is 6.26. The van der Waals surface area contributed by atoms with Crippen LogP contribution in [0.1, 0.15) is 18.9 Å². The fraction of sp³-hybridized carbons (Fsp3) is 0.571. The maximum atomic E-state index is 9.53.